The second kappa shape index (κ2) is 5.93. The predicted octanol–water partition coefficient (Wildman–Crippen LogP) is 4.17. The quantitative estimate of drug-likeness (QED) is 0.677. The summed E-state index contributed by atoms with van der Waals surface area (Å²) >= 11 is 0. The van der Waals surface area contributed by atoms with Crippen molar-refractivity contribution < 1.29 is 9.32 Å². The third-order valence-electron chi connectivity index (χ3n) is 3.60. The summed E-state index contributed by atoms with van der Waals surface area (Å²) in [5.74, 6) is 0.884. The number of hydrogen-bond donors (Lipinski definition) is 0. The molecule has 0 radical (unpaired) electrons. The first-order valence-electron chi connectivity index (χ1n) is 7.21. The van der Waals surface area contributed by atoms with Crippen LogP contribution in [0.2, 0.25) is 0 Å². The summed E-state index contributed by atoms with van der Waals surface area (Å²) < 4.78 is 5.49. The van der Waals surface area contributed by atoms with E-state index in [4.69, 9.17) is 4.52 Å². The Bertz CT molecular complexity index is 790. The molecule has 1 aromatic carbocycles. The van der Waals surface area contributed by atoms with Crippen LogP contribution < -0.4 is 0 Å². The van der Waals surface area contributed by atoms with Crippen LogP contribution in [0.3, 0.4) is 0 Å². The lowest BCUT2D eigenvalue weighted by Gasteiger charge is -2.05. The van der Waals surface area contributed by atoms with E-state index < -0.39 is 0 Å². The number of nitrogens with zero attached hydrogens (tertiary/aromatic N) is 2. The van der Waals surface area contributed by atoms with Gasteiger partial charge >= 0.3 is 0 Å². The number of ketones is 1. The molecule has 3 rings (SSSR count). The number of aryl methyl sites for hydroxylation is 1. The molecule has 0 bridgehead atoms. The van der Waals surface area contributed by atoms with Gasteiger partial charge in [-0.2, -0.15) is 0 Å². The maximum atomic E-state index is 11.4. The van der Waals surface area contributed by atoms with E-state index in [1.807, 2.05) is 43.3 Å². The van der Waals surface area contributed by atoms with Gasteiger partial charge in [0.25, 0.3) is 0 Å². The van der Waals surface area contributed by atoms with Crippen molar-refractivity contribution in [2.24, 2.45) is 0 Å². The first kappa shape index (κ1) is 14.2. The number of aromatic nitrogens is 2. The van der Waals surface area contributed by atoms with Gasteiger partial charge in [0.1, 0.15) is 11.5 Å². The molecule has 0 aliphatic carbocycles. The van der Waals surface area contributed by atoms with Crippen LogP contribution in [0.4, 0.5) is 0 Å². The fourth-order valence-electron chi connectivity index (χ4n) is 2.43. The lowest BCUT2D eigenvalue weighted by molar-refractivity contribution is 0.101. The topological polar surface area (TPSA) is 56.0 Å². The number of carbonyl (C=O) groups is 1. The zero-order valence-corrected chi connectivity index (χ0v) is 12.5. The molecule has 4 nitrogen and oxygen atoms in total. The molecule has 4 heteroatoms. The van der Waals surface area contributed by atoms with Crippen LogP contribution in [-0.4, -0.2) is 15.9 Å². The van der Waals surface area contributed by atoms with Gasteiger partial charge in [-0.25, -0.2) is 0 Å². The van der Waals surface area contributed by atoms with Crippen LogP contribution in [0.25, 0.3) is 22.4 Å². The van der Waals surface area contributed by atoms with E-state index in [2.05, 4.69) is 10.1 Å². The average molecular weight is 292 g/mol. The van der Waals surface area contributed by atoms with Crippen molar-refractivity contribution in [2.75, 3.05) is 0 Å². The molecular weight excluding hydrogens is 276 g/mol. The number of benzene rings is 1. The molecule has 0 aliphatic rings. The molecule has 3 aromatic rings. The summed E-state index contributed by atoms with van der Waals surface area (Å²) in [6.45, 7) is 3.59. The first-order chi connectivity index (χ1) is 10.7. The van der Waals surface area contributed by atoms with E-state index in [1.165, 1.54) is 0 Å². The highest BCUT2D eigenvalue weighted by atomic mass is 16.5. The highest BCUT2D eigenvalue weighted by molar-refractivity contribution is 5.95. The Morgan fingerprint density at radius 3 is 2.50 bits per heavy atom. The zero-order valence-electron chi connectivity index (χ0n) is 12.5. The van der Waals surface area contributed by atoms with Crippen LogP contribution in [0.1, 0.15) is 30.0 Å². The van der Waals surface area contributed by atoms with Crippen molar-refractivity contribution in [2.45, 2.75) is 20.3 Å². The lowest BCUT2D eigenvalue weighted by atomic mass is 9.97. The number of pyridine rings is 1. The summed E-state index contributed by atoms with van der Waals surface area (Å²) in [6, 6.07) is 11.4. The van der Waals surface area contributed by atoms with E-state index in [1.54, 1.807) is 19.3 Å². The Labute approximate surface area is 128 Å². The van der Waals surface area contributed by atoms with E-state index in [-0.39, 0.29) is 5.78 Å². The number of Topliss-reactive ketones (excluding diaryl/α,β-unsaturated/α-hetero) is 1. The summed E-state index contributed by atoms with van der Waals surface area (Å²) in [6.07, 6.45) is 4.24. The van der Waals surface area contributed by atoms with Crippen molar-refractivity contribution in [1.82, 2.24) is 10.1 Å². The third kappa shape index (κ3) is 2.55. The van der Waals surface area contributed by atoms with Gasteiger partial charge in [0.15, 0.2) is 5.78 Å². The second-order valence-corrected chi connectivity index (χ2v) is 5.06. The molecule has 0 atom stereocenters. The van der Waals surface area contributed by atoms with E-state index in [0.29, 0.717) is 5.56 Å². The fraction of sp³-hybridized carbons (Fsp3) is 0.167. The standard InChI is InChI=1S/C18H16N2O2/c1-3-16-17(14-8-6-13(7-9-14)12(2)21)18(20-22-16)15-5-4-10-19-11-15/h4-11H,3H2,1-2H3. The normalized spacial score (nSPS) is 10.6. The molecule has 2 aromatic heterocycles. The Balaban J connectivity index is 2.13. The van der Waals surface area contributed by atoms with Crippen LogP contribution in [-0.2, 0) is 6.42 Å². The summed E-state index contributed by atoms with van der Waals surface area (Å²) in [5, 5.41) is 4.21. The van der Waals surface area contributed by atoms with Gasteiger partial charge in [-0.1, -0.05) is 36.3 Å². The Morgan fingerprint density at radius 2 is 1.91 bits per heavy atom. The largest absolute Gasteiger partial charge is 0.360 e. The molecule has 2 heterocycles. The molecule has 0 amide bonds. The molecule has 0 fully saturated rings. The van der Waals surface area contributed by atoms with Crippen LogP contribution in [0.15, 0.2) is 53.3 Å². The first-order valence-corrected chi connectivity index (χ1v) is 7.21. The fourth-order valence-corrected chi connectivity index (χ4v) is 2.43. The minimum Gasteiger partial charge on any atom is -0.360 e. The minimum absolute atomic E-state index is 0.0556. The summed E-state index contributed by atoms with van der Waals surface area (Å²) in [4.78, 5) is 15.6. The molecule has 0 saturated heterocycles. The summed E-state index contributed by atoms with van der Waals surface area (Å²) in [5.41, 5.74) is 4.34. The zero-order chi connectivity index (χ0) is 15.5. The Morgan fingerprint density at radius 1 is 1.14 bits per heavy atom. The molecule has 110 valence electrons. The van der Waals surface area contributed by atoms with Crippen molar-refractivity contribution in [1.29, 1.82) is 0 Å². The van der Waals surface area contributed by atoms with Gasteiger partial charge in [0.05, 0.1) is 5.56 Å². The van der Waals surface area contributed by atoms with E-state index >= 15 is 0 Å². The van der Waals surface area contributed by atoms with Gasteiger partial charge in [0, 0.05) is 29.9 Å². The van der Waals surface area contributed by atoms with Gasteiger partial charge in [-0.15, -0.1) is 0 Å². The number of rotatable bonds is 4. The third-order valence-corrected chi connectivity index (χ3v) is 3.60. The van der Waals surface area contributed by atoms with Crippen molar-refractivity contribution >= 4 is 5.78 Å². The monoisotopic (exact) mass is 292 g/mol. The summed E-state index contributed by atoms with van der Waals surface area (Å²) in [7, 11) is 0. The average Bonchev–Trinajstić information content (AvgIpc) is 2.99. The molecule has 0 spiro atoms. The molecule has 22 heavy (non-hydrogen) atoms. The second-order valence-electron chi connectivity index (χ2n) is 5.06. The maximum Gasteiger partial charge on any atom is 0.159 e. The molecule has 0 aliphatic heterocycles. The van der Waals surface area contributed by atoms with Gasteiger partial charge in [-0.05, 0) is 24.6 Å². The highest BCUT2D eigenvalue weighted by Gasteiger charge is 2.18. The van der Waals surface area contributed by atoms with E-state index in [9.17, 15) is 4.79 Å². The molecule has 0 N–H and O–H groups in total. The van der Waals surface area contributed by atoms with Crippen LogP contribution >= 0.6 is 0 Å². The van der Waals surface area contributed by atoms with Crippen LogP contribution in [0, 0.1) is 0 Å². The van der Waals surface area contributed by atoms with Crippen LogP contribution in [0.5, 0.6) is 0 Å². The van der Waals surface area contributed by atoms with Gasteiger partial charge < -0.3 is 4.52 Å². The van der Waals surface area contributed by atoms with Crippen molar-refractivity contribution in [3.8, 4) is 22.4 Å². The lowest BCUT2D eigenvalue weighted by Crippen LogP contribution is -1.92. The minimum atomic E-state index is 0.0556. The smallest absolute Gasteiger partial charge is 0.159 e. The molecular formula is C18H16N2O2. The maximum absolute atomic E-state index is 11.4. The van der Waals surface area contributed by atoms with Gasteiger partial charge in [-0.3, -0.25) is 9.78 Å². The molecule has 0 saturated carbocycles. The number of carbonyl (C=O) groups excluding carboxylic acids is 1. The highest BCUT2D eigenvalue weighted by Crippen LogP contribution is 2.34. The van der Waals surface area contributed by atoms with Crippen molar-refractivity contribution in [3.05, 3.63) is 60.1 Å². The SMILES string of the molecule is CCc1onc(-c2cccnc2)c1-c1ccc(C(C)=O)cc1. The Hall–Kier alpha value is -2.75. The van der Waals surface area contributed by atoms with E-state index in [0.717, 1.165) is 34.6 Å². The number of hydrogen-bond acceptors (Lipinski definition) is 4. The van der Waals surface area contributed by atoms with Crippen molar-refractivity contribution in [3.63, 3.8) is 0 Å². The predicted molar refractivity (Wildman–Crippen MR) is 84.6 cm³/mol. The Kier molecular flexibility index (Phi) is 3.83. The molecule has 0 unspecified atom stereocenters. The van der Waals surface area contributed by atoms with Gasteiger partial charge in [0.2, 0.25) is 0 Å².